The zero-order chi connectivity index (χ0) is 17.4. The van der Waals surface area contributed by atoms with Crippen LogP contribution in [-0.4, -0.2) is 27.9 Å². The molecule has 0 heterocycles. The van der Waals surface area contributed by atoms with E-state index in [0.29, 0.717) is 0 Å². The first kappa shape index (κ1) is 18.9. The van der Waals surface area contributed by atoms with Crippen molar-refractivity contribution in [2.24, 2.45) is 0 Å². The molecule has 6 nitrogen and oxygen atoms in total. The third kappa shape index (κ3) is 4.18. The van der Waals surface area contributed by atoms with Gasteiger partial charge in [0.25, 0.3) is 0 Å². The summed E-state index contributed by atoms with van der Waals surface area (Å²) in [6.45, 7) is 0. The van der Waals surface area contributed by atoms with Gasteiger partial charge in [0.05, 0.1) is 0 Å². The second kappa shape index (κ2) is 5.79. The van der Waals surface area contributed by atoms with Crippen molar-refractivity contribution in [3.05, 3.63) is 11.4 Å². The third-order valence-corrected chi connectivity index (χ3v) is 4.84. The number of hydrogen-bond donors (Lipinski definition) is 2. The molecule has 0 aromatic carbocycles. The average molecular weight is 376 g/mol. The van der Waals surface area contributed by atoms with Crippen molar-refractivity contribution in [3.8, 4) is 0 Å². The lowest BCUT2D eigenvalue weighted by Crippen LogP contribution is -2.41. The van der Waals surface area contributed by atoms with E-state index >= 15 is 0 Å². The van der Waals surface area contributed by atoms with Gasteiger partial charge in [-0.2, -0.15) is 43.2 Å². The van der Waals surface area contributed by atoms with Crippen LogP contribution in [0.2, 0.25) is 0 Å². The van der Waals surface area contributed by atoms with Crippen LogP contribution in [0.1, 0.15) is 25.7 Å². The molecule has 0 saturated heterocycles. The van der Waals surface area contributed by atoms with Crippen LogP contribution in [0.3, 0.4) is 0 Å². The largest absolute Gasteiger partial charge is 0.516 e. The molecular formula is C8H10F6N2O4S2. The van der Waals surface area contributed by atoms with Gasteiger partial charge in [0, 0.05) is 11.4 Å². The Balaban J connectivity index is 3.16. The Morgan fingerprint density at radius 1 is 0.682 bits per heavy atom. The van der Waals surface area contributed by atoms with E-state index in [2.05, 4.69) is 0 Å². The molecule has 0 bridgehead atoms. The van der Waals surface area contributed by atoms with E-state index in [1.54, 1.807) is 0 Å². The monoisotopic (exact) mass is 376 g/mol. The quantitative estimate of drug-likeness (QED) is 0.730. The molecule has 0 aromatic heterocycles. The van der Waals surface area contributed by atoms with Crippen molar-refractivity contribution >= 4 is 20.0 Å². The average Bonchev–Trinajstić information content (AvgIpc) is 2.28. The lowest BCUT2D eigenvalue weighted by Gasteiger charge is -2.23. The molecule has 0 amide bonds. The Kier molecular flexibility index (Phi) is 4.97. The highest BCUT2D eigenvalue weighted by Crippen LogP contribution is 2.29. The SMILES string of the molecule is O=S(=O)(NC1=C(NS(=O)(=O)C(F)(F)F)CCCC1)C(F)(F)F. The maximum absolute atomic E-state index is 12.3. The van der Waals surface area contributed by atoms with Crippen LogP contribution in [-0.2, 0) is 20.0 Å². The van der Waals surface area contributed by atoms with Crippen LogP contribution >= 0.6 is 0 Å². The van der Waals surface area contributed by atoms with Crippen LogP contribution in [0.4, 0.5) is 26.3 Å². The molecule has 14 heteroatoms. The number of hydrogen-bond acceptors (Lipinski definition) is 4. The molecule has 1 rings (SSSR count). The molecule has 0 aromatic rings. The molecule has 0 fully saturated rings. The molecule has 0 atom stereocenters. The van der Waals surface area contributed by atoms with E-state index in [1.165, 1.54) is 0 Å². The number of nitrogens with one attached hydrogen (secondary N) is 2. The number of rotatable bonds is 4. The van der Waals surface area contributed by atoms with Gasteiger partial charge in [-0.1, -0.05) is 0 Å². The van der Waals surface area contributed by atoms with Crippen molar-refractivity contribution in [2.45, 2.75) is 36.7 Å². The Labute approximate surface area is 121 Å². The topological polar surface area (TPSA) is 92.3 Å². The summed E-state index contributed by atoms with van der Waals surface area (Å²) in [4.78, 5) is 0. The summed E-state index contributed by atoms with van der Waals surface area (Å²) in [7, 11) is -11.7. The van der Waals surface area contributed by atoms with Crippen LogP contribution in [0.25, 0.3) is 0 Å². The summed E-state index contributed by atoms with van der Waals surface area (Å²) in [5.74, 6) is 0. The normalized spacial score (nSPS) is 18.3. The zero-order valence-electron chi connectivity index (χ0n) is 10.5. The number of allylic oxidation sites excluding steroid dienone is 2. The van der Waals surface area contributed by atoms with Crippen molar-refractivity contribution < 1.29 is 43.2 Å². The first-order chi connectivity index (χ1) is 9.67. The highest BCUT2D eigenvalue weighted by Gasteiger charge is 2.48. The molecule has 22 heavy (non-hydrogen) atoms. The number of halogens is 6. The lowest BCUT2D eigenvalue weighted by atomic mass is 10.0. The van der Waals surface area contributed by atoms with E-state index in [4.69, 9.17) is 0 Å². The van der Waals surface area contributed by atoms with Gasteiger partial charge in [-0.25, -0.2) is 0 Å². The maximum Gasteiger partial charge on any atom is 0.516 e. The molecule has 0 spiro atoms. The molecule has 0 radical (unpaired) electrons. The standard InChI is InChI=1S/C8H10F6N2O4S2/c9-7(10,11)21(17,18)15-5-3-1-2-4-6(5)16-22(19,20)8(12,13)14/h15-16H,1-4H2. The Morgan fingerprint density at radius 3 is 1.18 bits per heavy atom. The highest BCUT2D eigenvalue weighted by molar-refractivity contribution is 7.90. The molecule has 0 saturated carbocycles. The van der Waals surface area contributed by atoms with Crippen LogP contribution in [0.5, 0.6) is 0 Å². The van der Waals surface area contributed by atoms with Gasteiger partial charge in [-0.3, -0.25) is 9.44 Å². The summed E-state index contributed by atoms with van der Waals surface area (Å²) < 4.78 is 120. The molecular weight excluding hydrogens is 366 g/mol. The minimum atomic E-state index is -5.85. The summed E-state index contributed by atoms with van der Waals surface area (Å²) in [6.07, 6.45) is -0.310. The molecule has 1 aliphatic carbocycles. The van der Waals surface area contributed by atoms with E-state index in [1.807, 2.05) is 0 Å². The predicted octanol–water partition coefficient (Wildman–Crippen LogP) is 1.65. The fourth-order valence-corrected chi connectivity index (χ4v) is 2.90. The Bertz CT molecular complexity index is 604. The fourth-order valence-electron chi connectivity index (χ4n) is 1.57. The van der Waals surface area contributed by atoms with Gasteiger partial charge in [0.2, 0.25) is 0 Å². The van der Waals surface area contributed by atoms with Gasteiger partial charge in [0.1, 0.15) is 0 Å². The van der Waals surface area contributed by atoms with E-state index in [0.717, 1.165) is 9.44 Å². The summed E-state index contributed by atoms with van der Waals surface area (Å²) >= 11 is 0. The minimum absolute atomic E-state index is 0.187. The molecule has 0 aliphatic heterocycles. The van der Waals surface area contributed by atoms with Gasteiger partial charge < -0.3 is 0 Å². The number of alkyl halides is 6. The second-order valence-corrected chi connectivity index (χ2v) is 7.61. The van der Waals surface area contributed by atoms with Crippen LogP contribution in [0, 0.1) is 0 Å². The molecule has 1 aliphatic rings. The van der Waals surface area contributed by atoms with Gasteiger partial charge >= 0.3 is 31.1 Å². The summed E-state index contributed by atoms with van der Waals surface area (Å²) in [5.41, 5.74) is -12.9. The first-order valence-electron chi connectivity index (χ1n) is 5.57. The number of sulfonamides is 2. The predicted molar refractivity (Wildman–Crippen MR) is 61.7 cm³/mol. The van der Waals surface area contributed by atoms with Crippen LogP contribution in [0.15, 0.2) is 11.4 Å². The molecule has 130 valence electrons. The van der Waals surface area contributed by atoms with Gasteiger partial charge in [-0.15, -0.1) is 0 Å². The van der Waals surface area contributed by atoms with E-state index in [9.17, 15) is 43.2 Å². The van der Waals surface area contributed by atoms with Crippen molar-refractivity contribution in [3.63, 3.8) is 0 Å². The van der Waals surface area contributed by atoms with E-state index < -0.39 is 42.5 Å². The van der Waals surface area contributed by atoms with Crippen molar-refractivity contribution in [1.29, 1.82) is 0 Å². The van der Waals surface area contributed by atoms with Crippen LogP contribution < -0.4 is 9.44 Å². The van der Waals surface area contributed by atoms with E-state index in [-0.39, 0.29) is 25.7 Å². The second-order valence-electron chi connectivity index (χ2n) is 4.27. The van der Waals surface area contributed by atoms with Crippen molar-refractivity contribution in [1.82, 2.24) is 9.44 Å². The highest BCUT2D eigenvalue weighted by atomic mass is 32.2. The zero-order valence-corrected chi connectivity index (χ0v) is 12.2. The first-order valence-corrected chi connectivity index (χ1v) is 8.54. The van der Waals surface area contributed by atoms with Gasteiger partial charge in [-0.05, 0) is 25.7 Å². The molecule has 2 N–H and O–H groups in total. The summed E-state index contributed by atoms with van der Waals surface area (Å²) in [5, 5.41) is 0. The molecule has 0 unspecified atom stereocenters. The summed E-state index contributed by atoms with van der Waals surface area (Å²) in [6, 6.07) is 0. The van der Waals surface area contributed by atoms with Crippen molar-refractivity contribution in [2.75, 3.05) is 0 Å². The Hall–Kier alpha value is -1.18. The Morgan fingerprint density at radius 2 is 0.955 bits per heavy atom. The lowest BCUT2D eigenvalue weighted by molar-refractivity contribution is -0.0453. The fraction of sp³-hybridized carbons (Fsp3) is 0.750. The minimum Gasteiger partial charge on any atom is -0.278 e. The third-order valence-electron chi connectivity index (χ3n) is 2.59. The van der Waals surface area contributed by atoms with Gasteiger partial charge in [0.15, 0.2) is 0 Å². The maximum atomic E-state index is 12.3. The smallest absolute Gasteiger partial charge is 0.278 e.